The highest BCUT2D eigenvalue weighted by Gasteiger charge is 2.31. The number of carbonyl (C=O) groups excluding carboxylic acids is 8. The number of terminal acetylenes is 3. The molecule has 3 heterocycles. The van der Waals surface area contributed by atoms with Gasteiger partial charge in [-0.1, -0.05) is 299 Å². The number of pyridine rings is 3. The monoisotopic (exact) mass is 1760 g/mol. The second-order valence-electron chi connectivity index (χ2n) is 39.7. The van der Waals surface area contributed by atoms with Crippen LogP contribution in [0.15, 0.2) is 201 Å². The van der Waals surface area contributed by atoms with Gasteiger partial charge in [-0.05, 0) is 143 Å². The number of aromatic nitrogens is 3. The Balaban J connectivity index is 0.000000499. The number of carbonyl (C=O) groups is 8. The summed E-state index contributed by atoms with van der Waals surface area (Å²) in [7, 11) is 0. The zero-order valence-corrected chi connectivity index (χ0v) is 81.9. The van der Waals surface area contributed by atoms with Crippen molar-refractivity contribution in [1.82, 2.24) is 15.0 Å². The molecule has 0 bridgehead atoms. The summed E-state index contributed by atoms with van der Waals surface area (Å²) in [5.74, 6) is 8.30. The number of ether oxygens (including phenoxy) is 5. The normalized spacial score (nSPS) is 11.8. The fraction of sp³-hybridized carbons (Fsp3) is 0.432. The number of aryl methyl sites for hydroxylation is 3. The summed E-state index contributed by atoms with van der Waals surface area (Å²) >= 11 is 0. The van der Waals surface area contributed by atoms with E-state index in [1.165, 1.54) is 10.8 Å². The van der Waals surface area contributed by atoms with Crippen LogP contribution in [0.25, 0.3) is 10.8 Å². The fourth-order valence-corrected chi connectivity index (χ4v) is 10.2. The third-order valence-corrected chi connectivity index (χ3v) is 19.4. The van der Waals surface area contributed by atoms with E-state index >= 15 is 0 Å². The Labute approximate surface area is 771 Å². The molecule has 18 nitrogen and oxygen atoms in total. The van der Waals surface area contributed by atoms with Crippen molar-refractivity contribution in [2.75, 3.05) is 33.0 Å². The molecule has 0 fully saturated rings. The zero-order chi connectivity index (χ0) is 97.9. The molecule has 18 heteroatoms. The molecule has 6 aromatic carbocycles. The minimum atomic E-state index is -1.08. The first-order valence-electron chi connectivity index (χ1n) is 43.4. The van der Waals surface area contributed by atoms with E-state index in [0.29, 0.717) is 45.0 Å². The van der Waals surface area contributed by atoms with Crippen molar-refractivity contribution < 1.29 is 67.1 Å². The second-order valence-corrected chi connectivity index (χ2v) is 39.7. The van der Waals surface area contributed by atoms with Gasteiger partial charge in [0.2, 0.25) is 0 Å². The van der Waals surface area contributed by atoms with Crippen molar-refractivity contribution >= 4 is 57.0 Å². The number of Topliss-reactive ketones (excluding diaryl/α,β-unsaturated/α-hetero) is 8. The quantitative estimate of drug-likeness (QED) is 0.0477. The summed E-state index contributed by atoms with van der Waals surface area (Å²) in [5.41, 5.74) is 16.0. The lowest BCUT2D eigenvalue weighted by Gasteiger charge is -2.21. The van der Waals surface area contributed by atoms with Crippen molar-refractivity contribution in [1.29, 1.82) is 0 Å². The number of aliphatic hydroxyl groups is 1. The van der Waals surface area contributed by atoms with Crippen LogP contribution in [0.2, 0.25) is 0 Å². The van der Waals surface area contributed by atoms with E-state index in [0.717, 1.165) is 72.7 Å². The Bertz CT molecular complexity index is 4970. The van der Waals surface area contributed by atoms with E-state index in [-0.39, 0.29) is 112 Å². The van der Waals surface area contributed by atoms with E-state index in [9.17, 15) is 43.5 Å². The van der Waals surface area contributed by atoms with Gasteiger partial charge in [-0.3, -0.25) is 53.3 Å². The van der Waals surface area contributed by atoms with E-state index in [2.05, 4.69) is 57.0 Å². The molecule has 0 radical (unpaired) electrons. The number of rotatable bonds is 26. The van der Waals surface area contributed by atoms with Gasteiger partial charge < -0.3 is 34.5 Å². The molecule has 0 aliphatic heterocycles. The van der Waals surface area contributed by atoms with Crippen molar-refractivity contribution in [3.05, 3.63) is 279 Å². The molecule has 3 aromatic heterocycles. The molecule has 692 valence electrons. The first-order chi connectivity index (χ1) is 59.8. The highest BCUT2D eigenvalue weighted by Crippen LogP contribution is 2.29. The van der Waals surface area contributed by atoms with Gasteiger partial charge in [0.25, 0.3) is 0 Å². The molecular formula is C111H144N4O14. The lowest BCUT2D eigenvalue weighted by molar-refractivity contribution is -0.135. The van der Waals surface area contributed by atoms with Gasteiger partial charge in [0.1, 0.15) is 44.9 Å². The fourth-order valence-electron chi connectivity index (χ4n) is 10.2. The van der Waals surface area contributed by atoms with Crippen LogP contribution in [0.1, 0.15) is 257 Å². The number of aliphatic hydroxyl groups excluding tert-OH is 1. The molecule has 9 aromatic rings. The van der Waals surface area contributed by atoms with Gasteiger partial charge >= 0.3 is 0 Å². The van der Waals surface area contributed by atoms with Gasteiger partial charge in [0.05, 0.1) is 39.1 Å². The average Bonchev–Trinajstić information content (AvgIpc) is 0.979. The SMILES string of the molecule is C#Cc1ccc(C(N)C(=O)C(C)(C)C)cc1.C#Cc1ccc(C(O)C(=O)C(C)(C)C)cc1.C#Cc1ccc(COCC(=O)C(C)(C)C)cc1.CC(C)(C)C(=O)COCc1ccccc1.CC(C)(C)C(=O)Cc1ccc2ccccc2c1.Cc1cc(COCC(=O)C(C)(C)C)ccn1.Cc1cc(COCC(=O)C(C)(C)C)ccn1.Cc1ccc(COCC(=O)C(C)(C)C)cn1. The van der Waals surface area contributed by atoms with Crippen molar-refractivity contribution in [2.24, 2.45) is 49.1 Å². The summed E-state index contributed by atoms with van der Waals surface area (Å²) in [4.78, 5) is 106. The van der Waals surface area contributed by atoms with Gasteiger partial charge in [-0.15, -0.1) is 19.3 Å². The Morgan fingerprint density at radius 2 is 0.628 bits per heavy atom. The Morgan fingerprint density at radius 3 is 0.961 bits per heavy atom. The largest absolute Gasteiger partial charge is 0.381 e. The lowest BCUT2D eigenvalue weighted by Crippen LogP contribution is -2.32. The third kappa shape index (κ3) is 47.1. The number of nitrogens with zero attached hydrogens (tertiary/aromatic N) is 3. The molecule has 0 saturated heterocycles. The molecule has 9 rings (SSSR count). The predicted octanol–water partition coefficient (Wildman–Crippen LogP) is 21.8. The van der Waals surface area contributed by atoms with Crippen LogP contribution < -0.4 is 5.73 Å². The van der Waals surface area contributed by atoms with Gasteiger partial charge in [0, 0.05) is 102 Å². The predicted molar refractivity (Wildman–Crippen MR) is 520 cm³/mol. The topological polar surface area (TPSA) is 268 Å². The molecule has 0 spiro atoms. The van der Waals surface area contributed by atoms with Gasteiger partial charge in [-0.25, -0.2) is 0 Å². The molecule has 129 heavy (non-hydrogen) atoms. The van der Waals surface area contributed by atoms with Crippen molar-refractivity contribution in [2.45, 2.75) is 239 Å². The number of hydrogen-bond donors (Lipinski definition) is 2. The Hall–Kier alpha value is -11.2. The van der Waals surface area contributed by atoms with Crippen molar-refractivity contribution in [3.63, 3.8) is 0 Å². The van der Waals surface area contributed by atoms with Gasteiger partial charge in [0.15, 0.2) is 40.5 Å². The standard InChI is InChI=1S/C16H18O.C15H18O2.C14H17NO.C14H16O2.3C13H19NO2.C13H18O2/c1-16(2,3)15(17)11-12-8-9-13-6-4-5-7-14(13)10-12;1-5-12-6-8-13(9-7-12)10-17-11-14(16)15(2,3)4;2*1-5-10-6-8-11(9-7-10)12(15)13(16)14(2,3)4;2*1-10-7-11(5-6-14-10)8-16-9-12(15)13(2,3)4;1-10-5-6-11(7-14-10)8-16-9-12(15)13(2,3)4;1-13(2,3)12(14)10-15-9-11-7-5-4-6-8-11/h4-10H,11H2,1-3H3;1,6-9H,10-11H2,2-4H3;1,6-9,12H,15H2,2-4H3;1,6-9,12,15H,2-4H3;3*5-7H,8-9H2,1-4H3;4-8H,9-10H2,1-3H3. The van der Waals surface area contributed by atoms with E-state index in [4.69, 9.17) is 48.7 Å². The molecule has 0 saturated carbocycles. The van der Waals surface area contributed by atoms with Crippen LogP contribution in [-0.2, 0) is 101 Å². The Kier molecular flexibility index (Phi) is 47.9. The smallest absolute Gasteiger partial charge is 0.171 e. The highest BCUT2D eigenvalue weighted by molar-refractivity contribution is 5.91. The number of benzene rings is 6. The van der Waals surface area contributed by atoms with Crippen LogP contribution in [0.4, 0.5) is 0 Å². The van der Waals surface area contributed by atoms with Crippen LogP contribution in [-0.4, -0.2) is 99.4 Å². The molecule has 3 N–H and O–H groups in total. The maximum atomic E-state index is 12.0. The lowest BCUT2D eigenvalue weighted by atomic mass is 9.84. The summed E-state index contributed by atoms with van der Waals surface area (Å²) in [6.45, 7) is 54.3. The first kappa shape index (κ1) is 114. The number of nitrogens with two attached hydrogens (primary N) is 1. The van der Waals surface area contributed by atoms with Gasteiger partial charge in [-0.2, -0.15) is 0 Å². The molecular weight excluding hydrogens is 1610 g/mol. The van der Waals surface area contributed by atoms with Crippen LogP contribution in [0.5, 0.6) is 0 Å². The second kappa shape index (κ2) is 54.3. The zero-order valence-electron chi connectivity index (χ0n) is 81.9. The van der Waals surface area contributed by atoms with Crippen LogP contribution >= 0.6 is 0 Å². The maximum Gasteiger partial charge on any atom is 0.171 e. The number of ketones is 8. The third-order valence-electron chi connectivity index (χ3n) is 19.4. The Morgan fingerprint density at radius 1 is 0.318 bits per heavy atom. The van der Waals surface area contributed by atoms with E-state index in [1.807, 2.05) is 287 Å². The molecule has 0 aliphatic rings. The summed E-state index contributed by atoms with van der Waals surface area (Å²) < 4.78 is 26.9. The summed E-state index contributed by atoms with van der Waals surface area (Å²) in [5, 5.41) is 12.3. The minimum Gasteiger partial charge on any atom is -0.381 e. The van der Waals surface area contributed by atoms with Crippen LogP contribution in [0.3, 0.4) is 0 Å². The minimum absolute atomic E-state index is 0.0287. The molecule has 2 atom stereocenters. The average molecular weight is 1760 g/mol. The summed E-state index contributed by atoms with van der Waals surface area (Å²) in [6, 6.07) is 56.9. The molecule has 2 unspecified atom stereocenters. The number of hydrogen-bond acceptors (Lipinski definition) is 18. The van der Waals surface area contributed by atoms with E-state index < -0.39 is 23.0 Å². The van der Waals surface area contributed by atoms with Crippen molar-refractivity contribution in [3.8, 4) is 37.0 Å². The molecule has 0 aliphatic carbocycles. The highest BCUT2D eigenvalue weighted by atomic mass is 16.5. The van der Waals surface area contributed by atoms with Crippen LogP contribution in [0, 0.1) is 101 Å². The number of fused-ring (bicyclic) bond motifs is 1. The summed E-state index contributed by atoms with van der Waals surface area (Å²) in [6.07, 6.45) is 20.5. The first-order valence-corrected chi connectivity index (χ1v) is 43.4. The maximum absolute atomic E-state index is 12.0. The molecule has 0 amide bonds. The van der Waals surface area contributed by atoms with E-state index in [1.54, 1.807) is 75.8 Å².